The maximum absolute atomic E-state index is 14.7. The standard InChI is InChI=1S/C39H40N8O6S/c1-53-27-15-13-23(14-16-27)32-33(36-40-17-18-54-36)45-47(44-32)26-20-31-35(49)43-39(38(51)52)21-25(39)10-5-3-2-4-6-12-29(37(50)46(31)22-26)42-34(48)30-19-24-9-7-8-11-28(24)41-30/h5,7-11,13-19,25-26,29,31,41H,2-4,6,12,20-22H2,1H3,(H,42,48)(H,43,49)(H,51,52)/t25-,26+,29-,31+,39+/m1/s1. The van der Waals surface area contributed by atoms with Crippen molar-refractivity contribution in [2.75, 3.05) is 13.7 Å². The van der Waals surface area contributed by atoms with Gasteiger partial charge in [0.15, 0.2) is 0 Å². The Bertz CT molecular complexity index is 2200. The molecule has 1 saturated heterocycles. The Morgan fingerprint density at radius 3 is 2.63 bits per heavy atom. The number of amides is 3. The summed E-state index contributed by atoms with van der Waals surface area (Å²) >= 11 is 1.42. The zero-order chi connectivity index (χ0) is 37.4. The van der Waals surface area contributed by atoms with E-state index in [-0.39, 0.29) is 25.3 Å². The second-order valence-electron chi connectivity index (χ2n) is 14.1. The van der Waals surface area contributed by atoms with Crippen LogP contribution in [0.15, 0.2) is 78.3 Å². The number of aromatic amines is 1. The Labute approximate surface area is 314 Å². The number of H-pyrrole nitrogens is 1. The second-order valence-corrected chi connectivity index (χ2v) is 15.0. The van der Waals surface area contributed by atoms with Gasteiger partial charge in [0, 0.05) is 46.9 Å². The lowest BCUT2D eigenvalue weighted by Crippen LogP contribution is -2.56. The van der Waals surface area contributed by atoms with Gasteiger partial charge in [-0.15, -0.1) is 16.4 Å². The van der Waals surface area contributed by atoms with Gasteiger partial charge in [-0.05, 0) is 62.1 Å². The fraction of sp³-hybridized carbons (Fsp3) is 0.359. The molecule has 15 heteroatoms. The van der Waals surface area contributed by atoms with Crippen LogP contribution in [0.3, 0.4) is 0 Å². The summed E-state index contributed by atoms with van der Waals surface area (Å²) in [5, 5.41) is 29.2. The molecule has 54 heavy (non-hydrogen) atoms. The topological polar surface area (TPSA) is 184 Å². The van der Waals surface area contributed by atoms with Crippen LogP contribution in [-0.4, -0.2) is 89.9 Å². The number of carbonyl (C=O) groups excluding carboxylic acids is 3. The van der Waals surface area contributed by atoms with Crippen LogP contribution in [0.4, 0.5) is 0 Å². The van der Waals surface area contributed by atoms with Crippen molar-refractivity contribution in [3.8, 4) is 27.7 Å². The smallest absolute Gasteiger partial charge is 0.330 e. The van der Waals surface area contributed by atoms with Gasteiger partial charge in [-0.25, -0.2) is 9.78 Å². The molecule has 1 saturated carbocycles. The van der Waals surface area contributed by atoms with Crippen molar-refractivity contribution < 1.29 is 29.0 Å². The highest BCUT2D eigenvalue weighted by atomic mass is 32.1. The first-order valence-electron chi connectivity index (χ1n) is 18.2. The lowest BCUT2D eigenvalue weighted by atomic mass is 10.0. The van der Waals surface area contributed by atoms with E-state index in [1.807, 2.05) is 66.1 Å². The molecular weight excluding hydrogens is 709 g/mol. The Morgan fingerprint density at radius 2 is 1.87 bits per heavy atom. The molecule has 2 fully saturated rings. The van der Waals surface area contributed by atoms with Crippen LogP contribution in [0.5, 0.6) is 5.75 Å². The third-order valence-electron chi connectivity index (χ3n) is 10.7. The van der Waals surface area contributed by atoms with Crippen molar-refractivity contribution in [1.82, 2.24) is 40.5 Å². The molecular formula is C39H40N8O6S. The molecule has 3 amide bonds. The number of hydrogen-bond acceptors (Lipinski definition) is 9. The van der Waals surface area contributed by atoms with Gasteiger partial charge in [-0.2, -0.15) is 9.90 Å². The van der Waals surface area contributed by atoms with Gasteiger partial charge in [0.05, 0.1) is 13.2 Å². The summed E-state index contributed by atoms with van der Waals surface area (Å²) in [5.41, 5.74) is 1.58. The molecule has 1 aliphatic carbocycles. The Hall–Kier alpha value is -5.83. The summed E-state index contributed by atoms with van der Waals surface area (Å²) in [4.78, 5) is 65.8. The average molecular weight is 749 g/mol. The number of rotatable bonds is 7. The highest BCUT2D eigenvalue weighted by Gasteiger charge is 2.61. The first-order valence-corrected chi connectivity index (χ1v) is 19.0. The first-order chi connectivity index (χ1) is 26.2. The van der Waals surface area contributed by atoms with Crippen molar-refractivity contribution in [2.45, 2.75) is 68.6 Å². The van der Waals surface area contributed by atoms with Crippen LogP contribution >= 0.6 is 11.3 Å². The van der Waals surface area contributed by atoms with Crippen molar-refractivity contribution in [3.05, 3.63) is 84.0 Å². The number of nitrogens with zero attached hydrogens (tertiary/aromatic N) is 5. The van der Waals surface area contributed by atoms with Gasteiger partial charge in [-0.3, -0.25) is 14.4 Å². The van der Waals surface area contributed by atoms with Crippen molar-refractivity contribution >= 4 is 45.9 Å². The van der Waals surface area contributed by atoms with Crippen molar-refractivity contribution in [3.63, 3.8) is 0 Å². The SMILES string of the molecule is COc1ccc(-c2nn([C@H]3C[C@H]4C(=O)N[C@@]5(C(=O)O)C[C@H]5C=CCCCCC[C@@H](NC(=O)c5cc6ccccc6[nH]5)C(=O)N4C3)nc2-c2nccs2)cc1. The molecule has 4 N–H and O–H groups in total. The number of allylic oxidation sites excluding steroid dienone is 1. The number of thiazole rings is 1. The number of fused-ring (bicyclic) bond motifs is 3. The number of carboxylic acids is 1. The molecule has 5 atom stereocenters. The highest BCUT2D eigenvalue weighted by Crippen LogP contribution is 2.46. The largest absolute Gasteiger partial charge is 0.497 e. The fourth-order valence-corrected chi connectivity index (χ4v) is 8.21. The van der Waals surface area contributed by atoms with E-state index >= 15 is 0 Å². The van der Waals surface area contributed by atoms with Gasteiger partial charge in [0.2, 0.25) is 11.8 Å². The minimum Gasteiger partial charge on any atom is -0.497 e. The Kier molecular flexibility index (Phi) is 9.48. The Balaban J connectivity index is 1.14. The molecule has 2 aromatic carbocycles. The van der Waals surface area contributed by atoms with Crippen LogP contribution in [0.1, 0.15) is 61.5 Å². The lowest BCUT2D eigenvalue weighted by Gasteiger charge is -2.29. The van der Waals surface area contributed by atoms with Crippen LogP contribution in [0, 0.1) is 5.92 Å². The van der Waals surface area contributed by atoms with E-state index < -0.39 is 47.4 Å². The van der Waals surface area contributed by atoms with Crippen LogP contribution in [0.25, 0.3) is 32.9 Å². The molecule has 8 rings (SSSR count). The van der Waals surface area contributed by atoms with Gasteiger partial charge >= 0.3 is 5.97 Å². The molecule has 14 nitrogen and oxygen atoms in total. The third kappa shape index (κ3) is 6.75. The summed E-state index contributed by atoms with van der Waals surface area (Å²) < 4.78 is 5.35. The molecule has 3 aliphatic rings. The van der Waals surface area contributed by atoms with Crippen LogP contribution in [-0.2, 0) is 14.4 Å². The summed E-state index contributed by atoms with van der Waals surface area (Å²) in [6.45, 7) is 0.0626. The highest BCUT2D eigenvalue weighted by molar-refractivity contribution is 7.13. The number of carboxylic acid groups (broad SMARTS) is 1. The molecule has 0 spiro atoms. The predicted octanol–water partition coefficient (Wildman–Crippen LogP) is 4.98. The normalized spacial score (nSPS) is 24.6. The molecule has 5 heterocycles. The van der Waals surface area contributed by atoms with Crippen LogP contribution in [0.2, 0.25) is 0 Å². The van der Waals surface area contributed by atoms with Gasteiger partial charge in [0.25, 0.3) is 5.91 Å². The zero-order valence-electron chi connectivity index (χ0n) is 29.6. The van der Waals surface area contributed by atoms with Crippen molar-refractivity contribution in [2.24, 2.45) is 5.92 Å². The molecule has 2 aliphatic heterocycles. The number of benzene rings is 2. The van der Waals surface area contributed by atoms with E-state index in [9.17, 15) is 24.3 Å². The maximum Gasteiger partial charge on any atom is 0.330 e. The number of nitrogens with one attached hydrogen (secondary N) is 3. The van der Waals surface area contributed by atoms with E-state index in [1.54, 1.807) is 19.4 Å². The number of para-hydroxylation sites is 1. The number of ether oxygens (including phenoxy) is 1. The summed E-state index contributed by atoms with van der Waals surface area (Å²) in [6, 6.07) is 14.2. The molecule has 0 radical (unpaired) electrons. The molecule has 3 aromatic heterocycles. The summed E-state index contributed by atoms with van der Waals surface area (Å²) in [6.07, 6.45) is 9.35. The second kappa shape index (κ2) is 14.5. The Morgan fingerprint density at radius 1 is 1.06 bits per heavy atom. The maximum atomic E-state index is 14.7. The average Bonchev–Trinajstić information content (AvgIpc) is 3.79. The quantitative estimate of drug-likeness (QED) is 0.167. The molecule has 0 bridgehead atoms. The lowest BCUT2D eigenvalue weighted by molar-refractivity contribution is -0.145. The predicted molar refractivity (Wildman–Crippen MR) is 201 cm³/mol. The van der Waals surface area contributed by atoms with E-state index in [1.165, 1.54) is 21.0 Å². The minimum atomic E-state index is -1.45. The first kappa shape index (κ1) is 35.2. The van der Waals surface area contributed by atoms with E-state index in [0.717, 1.165) is 35.7 Å². The third-order valence-corrected chi connectivity index (χ3v) is 11.5. The van der Waals surface area contributed by atoms with E-state index in [2.05, 4.69) is 20.6 Å². The molecule has 0 unspecified atom stereocenters. The number of carbonyl (C=O) groups is 4. The number of aliphatic carboxylic acids is 1. The minimum absolute atomic E-state index is 0.0626. The molecule has 5 aromatic rings. The summed E-state index contributed by atoms with van der Waals surface area (Å²) in [7, 11) is 1.59. The molecule has 278 valence electrons. The van der Waals surface area contributed by atoms with Gasteiger partial charge in [0.1, 0.15) is 45.5 Å². The van der Waals surface area contributed by atoms with Crippen LogP contribution < -0.4 is 15.4 Å². The monoisotopic (exact) mass is 748 g/mol. The number of aromatic nitrogens is 5. The van der Waals surface area contributed by atoms with E-state index in [0.29, 0.717) is 40.7 Å². The number of hydrogen-bond donors (Lipinski definition) is 4. The van der Waals surface area contributed by atoms with Gasteiger partial charge in [-0.1, -0.05) is 43.2 Å². The van der Waals surface area contributed by atoms with E-state index in [4.69, 9.17) is 14.9 Å². The van der Waals surface area contributed by atoms with Gasteiger partial charge < -0.3 is 30.4 Å². The zero-order valence-corrected chi connectivity index (χ0v) is 30.4. The number of methoxy groups -OCH3 is 1. The fourth-order valence-electron chi connectivity index (χ4n) is 7.59. The van der Waals surface area contributed by atoms with Crippen molar-refractivity contribution in [1.29, 1.82) is 0 Å². The summed E-state index contributed by atoms with van der Waals surface area (Å²) in [5.74, 6) is -2.20.